The van der Waals surface area contributed by atoms with Crippen LogP contribution in [0.15, 0.2) is 53.3 Å². The Morgan fingerprint density at radius 2 is 1.73 bits per heavy atom. The van der Waals surface area contributed by atoms with Crippen LogP contribution in [0.5, 0.6) is 17.2 Å². The fourth-order valence-electron chi connectivity index (χ4n) is 4.94. The summed E-state index contributed by atoms with van der Waals surface area (Å²) in [6, 6.07) is 12.9. The van der Waals surface area contributed by atoms with Crippen molar-refractivity contribution in [2.45, 2.75) is 25.5 Å². The molecule has 40 heavy (non-hydrogen) atoms. The first kappa shape index (κ1) is 28.2. The van der Waals surface area contributed by atoms with Crippen LogP contribution < -0.4 is 29.9 Å². The molecule has 0 fully saturated rings. The molecule has 0 bridgehead atoms. The molecule has 0 saturated heterocycles. The molecule has 0 spiro atoms. The van der Waals surface area contributed by atoms with Crippen molar-refractivity contribution in [2.24, 2.45) is 0 Å². The van der Waals surface area contributed by atoms with Gasteiger partial charge in [-0.15, -0.1) is 10.1 Å². The third-order valence-corrected chi connectivity index (χ3v) is 6.86. The molecule has 0 saturated carbocycles. The average Bonchev–Trinajstić information content (AvgIpc) is 3.19. The van der Waals surface area contributed by atoms with Crippen LogP contribution in [-0.2, 0) is 17.9 Å². The number of hydrogen-bond donors (Lipinski definition) is 1. The van der Waals surface area contributed by atoms with Gasteiger partial charge in [-0.3, -0.25) is 9.59 Å². The second-order valence-corrected chi connectivity index (χ2v) is 9.43. The van der Waals surface area contributed by atoms with Crippen LogP contribution in [0.2, 0.25) is 0 Å². The van der Waals surface area contributed by atoms with Gasteiger partial charge in [-0.1, -0.05) is 18.2 Å². The Balaban J connectivity index is 1.81. The minimum Gasteiger partial charge on any atom is -0.493 e. The van der Waals surface area contributed by atoms with E-state index in [1.165, 1.54) is 7.11 Å². The molecule has 0 radical (unpaired) electrons. The molecule has 1 N–H and O–H groups in total. The van der Waals surface area contributed by atoms with Crippen LogP contribution in [-0.4, -0.2) is 46.4 Å². The molecule has 1 aliphatic carbocycles. The first-order valence-electron chi connectivity index (χ1n) is 12.5. The summed E-state index contributed by atoms with van der Waals surface area (Å²) in [5, 5.41) is 12.7. The first-order valence-corrected chi connectivity index (χ1v) is 12.5. The number of anilines is 1. The summed E-state index contributed by atoms with van der Waals surface area (Å²) in [7, 11) is 8.23. The van der Waals surface area contributed by atoms with E-state index in [1.807, 2.05) is 12.1 Å². The number of hydrogen-bond acceptors (Lipinski definition) is 9. The number of benzene rings is 2. The van der Waals surface area contributed by atoms with Gasteiger partial charge < -0.3 is 29.3 Å². The lowest BCUT2D eigenvalue weighted by molar-refractivity contribution is -0.763. The summed E-state index contributed by atoms with van der Waals surface area (Å²) >= 11 is 0. The molecule has 0 unspecified atom stereocenters. The van der Waals surface area contributed by atoms with Gasteiger partial charge in [0.15, 0.2) is 11.5 Å². The molecule has 1 atom stereocenters. The number of amides is 1. The highest BCUT2D eigenvalue weighted by Gasteiger charge is 2.30. The zero-order valence-electron chi connectivity index (χ0n) is 23.0. The number of carbonyl (C=O) groups excluding carboxylic acids is 1. The van der Waals surface area contributed by atoms with E-state index in [2.05, 4.69) is 10.2 Å². The molecule has 3 aromatic carbocycles. The van der Waals surface area contributed by atoms with E-state index >= 15 is 0 Å². The zero-order valence-corrected chi connectivity index (χ0v) is 23.0. The van der Waals surface area contributed by atoms with Gasteiger partial charge in [0, 0.05) is 25.2 Å². The van der Waals surface area contributed by atoms with E-state index in [0.29, 0.717) is 52.5 Å². The van der Waals surface area contributed by atoms with Crippen LogP contribution in [0.25, 0.3) is 11.1 Å². The van der Waals surface area contributed by atoms with Crippen molar-refractivity contribution in [1.82, 2.24) is 5.32 Å². The molecule has 0 aliphatic heterocycles. The predicted octanol–water partition coefficient (Wildman–Crippen LogP) is 3.93. The van der Waals surface area contributed by atoms with Gasteiger partial charge in [0.2, 0.25) is 11.2 Å². The molecule has 11 heteroatoms. The number of nitrogens with zero attached hydrogens (tertiary/aromatic N) is 2. The van der Waals surface area contributed by atoms with E-state index in [9.17, 15) is 19.7 Å². The summed E-state index contributed by atoms with van der Waals surface area (Å²) in [6.45, 7) is -0.213. The summed E-state index contributed by atoms with van der Waals surface area (Å²) in [4.78, 5) is 43.2. The van der Waals surface area contributed by atoms with Crippen molar-refractivity contribution in [2.75, 3.05) is 40.3 Å². The van der Waals surface area contributed by atoms with Gasteiger partial charge in [0.05, 0.1) is 33.1 Å². The van der Waals surface area contributed by atoms with Gasteiger partial charge in [0.25, 0.3) is 11.0 Å². The average molecular weight is 550 g/mol. The molecule has 0 heterocycles. The number of carbonyl (C=O) groups is 1. The van der Waals surface area contributed by atoms with Gasteiger partial charge >= 0.3 is 0 Å². The maximum absolute atomic E-state index is 13.3. The van der Waals surface area contributed by atoms with Crippen molar-refractivity contribution in [1.29, 1.82) is 0 Å². The van der Waals surface area contributed by atoms with E-state index < -0.39 is 11.1 Å². The van der Waals surface area contributed by atoms with Gasteiger partial charge in [-0.05, 0) is 65.4 Å². The molecule has 0 aromatic heterocycles. The molecular weight excluding hydrogens is 518 g/mol. The monoisotopic (exact) mass is 549 g/mol. The summed E-state index contributed by atoms with van der Waals surface area (Å²) in [5.41, 5.74) is 4.29. The normalized spacial score (nSPS) is 13.7. The SMILES string of the molecule is COc1cc2c(c(OC)c1OC)-c1ccc(N(C)C)c(=O)cc1[C@@H](NC(=O)c1ccc(CO[N+](=O)[O-])cc1)CC2. The van der Waals surface area contributed by atoms with E-state index in [-0.39, 0.29) is 17.9 Å². The Kier molecular flexibility index (Phi) is 8.42. The van der Waals surface area contributed by atoms with Crippen LogP contribution >= 0.6 is 0 Å². The maximum atomic E-state index is 13.3. The highest BCUT2D eigenvalue weighted by Crippen LogP contribution is 2.50. The smallest absolute Gasteiger partial charge is 0.294 e. The number of aryl methyl sites for hydroxylation is 1. The van der Waals surface area contributed by atoms with Crippen molar-refractivity contribution in [3.8, 4) is 28.4 Å². The predicted molar refractivity (Wildman–Crippen MR) is 149 cm³/mol. The van der Waals surface area contributed by atoms with Gasteiger partial charge in [0.1, 0.15) is 6.61 Å². The van der Waals surface area contributed by atoms with Crippen molar-refractivity contribution < 1.29 is 28.9 Å². The molecule has 1 aliphatic rings. The third-order valence-electron chi connectivity index (χ3n) is 6.86. The molecule has 1 amide bonds. The second-order valence-electron chi connectivity index (χ2n) is 9.43. The number of fused-ring (bicyclic) bond motifs is 3. The number of methoxy groups -OCH3 is 3. The molecule has 11 nitrogen and oxygen atoms in total. The van der Waals surface area contributed by atoms with Crippen molar-refractivity contribution in [3.63, 3.8) is 0 Å². The summed E-state index contributed by atoms with van der Waals surface area (Å²) in [5.74, 6) is 1.07. The van der Waals surface area contributed by atoms with Crippen LogP contribution in [0.4, 0.5) is 5.69 Å². The highest BCUT2D eigenvalue weighted by molar-refractivity contribution is 5.95. The fourth-order valence-corrected chi connectivity index (χ4v) is 4.94. The largest absolute Gasteiger partial charge is 0.493 e. The quantitative estimate of drug-likeness (QED) is 0.312. The molecule has 3 aromatic rings. The van der Waals surface area contributed by atoms with Crippen LogP contribution in [0, 0.1) is 10.1 Å². The van der Waals surface area contributed by atoms with Crippen molar-refractivity contribution >= 4 is 11.6 Å². The summed E-state index contributed by atoms with van der Waals surface area (Å²) < 4.78 is 17.0. The van der Waals surface area contributed by atoms with E-state index in [0.717, 1.165) is 16.7 Å². The number of ether oxygens (including phenoxy) is 3. The maximum Gasteiger partial charge on any atom is 0.294 e. The fraction of sp³-hybridized carbons (Fsp3) is 0.310. The number of rotatable bonds is 9. The lowest BCUT2D eigenvalue weighted by atomic mass is 9.95. The summed E-state index contributed by atoms with van der Waals surface area (Å²) in [6.07, 6.45) is 1.06. The van der Waals surface area contributed by atoms with Crippen LogP contribution in [0.1, 0.15) is 39.5 Å². The van der Waals surface area contributed by atoms with E-state index in [1.54, 1.807) is 69.6 Å². The standard InChI is InChI=1S/C29H31N3O8/c1-31(2)23-13-11-20-21(15-24(23)33)22(30-29(34)18-8-6-17(7-9-18)16-40-32(35)36)12-10-19-14-25(37-3)27(38-4)28(39-5)26(19)20/h6-9,11,13-15,22H,10,12,16H2,1-5H3,(H,30,34)/t22-/m0/s1. The second kappa shape index (κ2) is 11.9. The highest BCUT2D eigenvalue weighted by atomic mass is 16.9. The van der Waals surface area contributed by atoms with Crippen molar-refractivity contribution in [3.05, 3.63) is 91.1 Å². The Bertz CT molecular complexity index is 1490. The zero-order chi connectivity index (χ0) is 29.0. The Labute approximate surface area is 231 Å². The minimum absolute atomic E-state index is 0.191. The molecule has 210 valence electrons. The van der Waals surface area contributed by atoms with Gasteiger partial charge in [-0.25, -0.2) is 0 Å². The lowest BCUT2D eigenvalue weighted by Crippen LogP contribution is -2.29. The van der Waals surface area contributed by atoms with Gasteiger partial charge in [-0.2, -0.15) is 0 Å². The number of nitrogens with one attached hydrogen (secondary N) is 1. The third kappa shape index (κ3) is 5.63. The lowest BCUT2D eigenvalue weighted by Gasteiger charge is -2.20. The Morgan fingerprint density at radius 1 is 1.02 bits per heavy atom. The minimum atomic E-state index is -0.867. The van der Waals surface area contributed by atoms with E-state index in [4.69, 9.17) is 14.2 Å². The molecular formula is C29H31N3O8. The first-order chi connectivity index (χ1) is 19.2. The van der Waals surface area contributed by atoms with Crippen LogP contribution in [0.3, 0.4) is 0 Å². The Hall–Kier alpha value is -4.80. The Morgan fingerprint density at radius 3 is 2.33 bits per heavy atom. The topological polar surface area (TPSA) is 129 Å². The molecule has 4 rings (SSSR count).